The lowest BCUT2D eigenvalue weighted by Crippen LogP contribution is -2.18. The van der Waals surface area contributed by atoms with Crippen LogP contribution in [0.15, 0.2) is 25.3 Å². The zero-order chi connectivity index (χ0) is 18.5. The first-order valence-electron chi connectivity index (χ1n) is 11.2. The van der Waals surface area contributed by atoms with E-state index in [1.165, 1.54) is 77.0 Å². The van der Waals surface area contributed by atoms with Crippen molar-refractivity contribution in [2.45, 2.75) is 77.0 Å². The molecule has 0 radical (unpaired) electrons. The summed E-state index contributed by atoms with van der Waals surface area (Å²) in [5.74, 6) is 3.11. The number of allylic oxidation sites excluding steroid dienone is 2. The van der Waals surface area contributed by atoms with Gasteiger partial charge in [0.2, 0.25) is 0 Å². The Balaban J connectivity index is 1.31. The summed E-state index contributed by atoms with van der Waals surface area (Å²) in [4.78, 5) is 0. The molecule has 0 N–H and O–H groups in total. The second-order valence-corrected chi connectivity index (χ2v) is 8.60. The molecule has 2 fully saturated rings. The fourth-order valence-corrected chi connectivity index (χ4v) is 4.44. The van der Waals surface area contributed by atoms with Gasteiger partial charge in [0.15, 0.2) is 0 Å². The van der Waals surface area contributed by atoms with E-state index in [0.717, 1.165) is 50.1 Å². The molecule has 0 bridgehead atoms. The molecule has 2 aliphatic rings. The number of hydrogen-bond acceptors (Lipinski definition) is 2. The third-order valence-corrected chi connectivity index (χ3v) is 6.48. The van der Waals surface area contributed by atoms with Crippen LogP contribution in [0.3, 0.4) is 0 Å². The molecule has 26 heavy (non-hydrogen) atoms. The molecule has 0 aromatic rings. The number of rotatable bonds is 13. The monoisotopic (exact) mass is 362 g/mol. The molecule has 0 heterocycles. The Morgan fingerprint density at radius 3 is 1.31 bits per heavy atom. The molecule has 0 aromatic heterocycles. The Hall–Kier alpha value is -0.600. The van der Waals surface area contributed by atoms with Gasteiger partial charge < -0.3 is 9.47 Å². The fourth-order valence-electron chi connectivity index (χ4n) is 4.44. The normalized spacial score (nSPS) is 29.4. The van der Waals surface area contributed by atoms with E-state index in [0.29, 0.717) is 0 Å². The SMILES string of the molecule is C=CC1CCC(COCCCCCCOCC2CCC(C=C)CC2)CC1. The standard InChI is InChI=1S/C24H42O2/c1-3-21-9-13-23(14-10-21)19-25-17-7-5-6-8-18-26-20-24-15-11-22(4-2)12-16-24/h3-4,21-24H,1-2,5-20H2. The Bertz CT molecular complexity index is 326. The van der Waals surface area contributed by atoms with Crippen LogP contribution in [0.25, 0.3) is 0 Å². The zero-order valence-electron chi connectivity index (χ0n) is 17.0. The number of ether oxygens (including phenoxy) is 2. The van der Waals surface area contributed by atoms with Gasteiger partial charge in [0.05, 0.1) is 0 Å². The lowest BCUT2D eigenvalue weighted by molar-refractivity contribution is 0.0725. The predicted octanol–water partition coefficient (Wildman–Crippen LogP) is 6.56. The summed E-state index contributed by atoms with van der Waals surface area (Å²) in [6.45, 7) is 11.7. The average molecular weight is 363 g/mol. The summed E-state index contributed by atoms with van der Waals surface area (Å²) in [7, 11) is 0. The Labute approximate surface area is 162 Å². The van der Waals surface area contributed by atoms with Crippen LogP contribution in [0, 0.1) is 23.7 Å². The maximum Gasteiger partial charge on any atom is 0.0494 e. The van der Waals surface area contributed by atoms with E-state index in [4.69, 9.17) is 9.47 Å². The fraction of sp³-hybridized carbons (Fsp3) is 0.833. The van der Waals surface area contributed by atoms with Crippen molar-refractivity contribution in [1.82, 2.24) is 0 Å². The Morgan fingerprint density at radius 1 is 0.577 bits per heavy atom. The van der Waals surface area contributed by atoms with E-state index >= 15 is 0 Å². The highest BCUT2D eigenvalue weighted by Gasteiger charge is 2.19. The van der Waals surface area contributed by atoms with Crippen LogP contribution in [0.2, 0.25) is 0 Å². The van der Waals surface area contributed by atoms with Gasteiger partial charge in [-0.1, -0.05) is 25.0 Å². The molecule has 0 amide bonds. The molecule has 0 spiro atoms. The van der Waals surface area contributed by atoms with Crippen molar-refractivity contribution in [2.24, 2.45) is 23.7 Å². The molecule has 2 rings (SSSR count). The topological polar surface area (TPSA) is 18.5 Å². The summed E-state index contributed by atoms with van der Waals surface area (Å²) in [5, 5.41) is 0. The van der Waals surface area contributed by atoms with Gasteiger partial charge in [-0.2, -0.15) is 0 Å². The smallest absolute Gasteiger partial charge is 0.0494 e. The minimum absolute atomic E-state index is 0.760. The summed E-state index contributed by atoms with van der Waals surface area (Å²) in [6.07, 6.45) is 19.8. The van der Waals surface area contributed by atoms with Gasteiger partial charge in [0.25, 0.3) is 0 Å². The van der Waals surface area contributed by atoms with Crippen molar-refractivity contribution in [3.05, 3.63) is 25.3 Å². The van der Waals surface area contributed by atoms with Gasteiger partial charge in [-0.15, -0.1) is 13.2 Å². The molecule has 2 nitrogen and oxygen atoms in total. The second-order valence-electron chi connectivity index (χ2n) is 8.60. The van der Waals surface area contributed by atoms with Crippen molar-refractivity contribution in [2.75, 3.05) is 26.4 Å². The number of hydrogen-bond donors (Lipinski definition) is 0. The van der Waals surface area contributed by atoms with Crippen molar-refractivity contribution >= 4 is 0 Å². The lowest BCUT2D eigenvalue weighted by Gasteiger charge is -2.26. The van der Waals surface area contributed by atoms with Gasteiger partial charge in [-0.25, -0.2) is 0 Å². The lowest BCUT2D eigenvalue weighted by atomic mass is 9.82. The van der Waals surface area contributed by atoms with E-state index < -0.39 is 0 Å². The van der Waals surface area contributed by atoms with Gasteiger partial charge in [-0.3, -0.25) is 0 Å². The van der Waals surface area contributed by atoms with Crippen LogP contribution in [0.5, 0.6) is 0 Å². The first kappa shape index (κ1) is 21.7. The molecular formula is C24H42O2. The molecule has 0 saturated heterocycles. The zero-order valence-corrected chi connectivity index (χ0v) is 17.0. The van der Waals surface area contributed by atoms with Gasteiger partial charge in [-0.05, 0) is 87.9 Å². The highest BCUT2D eigenvalue weighted by Crippen LogP contribution is 2.30. The molecule has 2 heteroatoms. The van der Waals surface area contributed by atoms with Crippen LogP contribution in [-0.2, 0) is 9.47 Å². The van der Waals surface area contributed by atoms with Gasteiger partial charge in [0.1, 0.15) is 0 Å². The Kier molecular flexibility index (Phi) is 11.3. The molecule has 0 aliphatic heterocycles. The largest absolute Gasteiger partial charge is 0.381 e. The van der Waals surface area contributed by atoms with Crippen LogP contribution in [0.1, 0.15) is 77.0 Å². The first-order chi connectivity index (χ1) is 12.8. The van der Waals surface area contributed by atoms with E-state index in [1.54, 1.807) is 0 Å². The van der Waals surface area contributed by atoms with Crippen LogP contribution in [-0.4, -0.2) is 26.4 Å². The van der Waals surface area contributed by atoms with Gasteiger partial charge >= 0.3 is 0 Å². The molecule has 2 aliphatic carbocycles. The third kappa shape index (κ3) is 8.86. The predicted molar refractivity (Wildman–Crippen MR) is 111 cm³/mol. The first-order valence-corrected chi connectivity index (χ1v) is 11.2. The summed E-state index contributed by atoms with van der Waals surface area (Å²) in [5.41, 5.74) is 0. The second kappa shape index (κ2) is 13.6. The van der Waals surface area contributed by atoms with Crippen LogP contribution < -0.4 is 0 Å². The number of unbranched alkanes of at least 4 members (excludes halogenated alkanes) is 3. The highest BCUT2D eigenvalue weighted by molar-refractivity contribution is 4.84. The molecule has 150 valence electrons. The summed E-state index contributed by atoms with van der Waals surface area (Å²) in [6, 6.07) is 0. The van der Waals surface area contributed by atoms with Gasteiger partial charge in [0, 0.05) is 26.4 Å². The third-order valence-electron chi connectivity index (χ3n) is 6.48. The molecule has 0 atom stereocenters. The molecule has 2 saturated carbocycles. The maximum absolute atomic E-state index is 5.90. The van der Waals surface area contributed by atoms with Crippen molar-refractivity contribution in [1.29, 1.82) is 0 Å². The van der Waals surface area contributed by atoms with E-state index in [2.05, 4.69) is 25.3 Å². The minimum Gasteiger partial charge on any atom is -0.381 e. The van der Waals surface area contributed by atoms with E-state index in [-0.39, 0.29) is 0 Å². The molecular weight excluding hydrogens is 320 g/mol. The summed E-state index contributed by atoms with van der Waals surface area (Å²) < 4.78 is 11.8. The quantitative estimate of drug-likeness (QED) is 0.273. The van der Waals surface area contributed by atoms with E-state index in [1.807, 2.05) is 0 Å². The minimum atomic E-state index is 0.760. The molecule has 0 unspecified atom stereocenters. The van der Waals surface area contributed by atoms with E-state index in [9.17, 15) is 0 Å². The van der Waals surface area contributed by atoms with Crippen molar-refractivity contribution < 1.29 is 9.47 Å². The van der Waals surface area contributed by atoms with Crippen LogP contribution in [0.4, 0.5) is 0 Å². The maximum atomic E-state index is 5.90. The van der Waals surface area contributed by atoms with Crippen LogP contribution >= 0.6 is 0 Å². The highest BCUT2D eigenvalue weighted by atomic mass is 16.5. The van der Waals surface area contributed by atoms with Crippen molar-refractivity contribution in [3.8, 4) is 0 Å². The summed E-state index contributed by atoms with van der Waals surface area (Å²) >= 11 is 0. The molecule has 0 aromatic carbocycles. The average Bonchev–Trinajstić information content (AvgIpc) is 2.70. The van der Waals surface area contributed by atoms with Crippen molar-refractivity contribution in [3.63, 3.8) is 0 Å². The Morgan fingerprint density at radius 2 is 0.962 bits per heavy atom.